The Bertz CT molecular complexity index is 1150. The Morgan fingerprint density at radius 1 is 1.14 bits per heavy atom. The molecule has 0 saturated carbocycles. The molecule has 7 nitrogen and oxygen atoms in total. The van der Waals surface area contributed by atoms with Crippen LogP contribution in [-0.4, -0.2) is 31.1 Å². The lowest BCUT2D eigenvalue weighted by Gasteiger charge is -2.29. The second kappa shape index (κ2) is 7.28. The molecule has 0 atom stereocenters. The maximum atomic E-state index is 13.3. The summed E-state index contributed by atoms with van der Waals surface area (Å²) in [5.41, 5.74) is 1.69. The van der Waals surface area contributed by atoms with Gasteiger partial charge >= 0.3 is 0 Å². The van der Waals surface area contributed by atoms with Crippen LogP contribution in [0.2, 0.25) is 0 Å². The van der Waals surface area contributed by atoms with Gasteiger partial charge in [-0.3, -0.25) is 14.4 Å². The molecule has 0 aliphatic carbocycles. The Hall–Kier alpha value is -2.85. The number of carbonyl (C=O) groups excluding carboxylic acids is 1. The lowest BCUT2D eigenvalue weighted by molar-refractivity contribution is 0.102. The molecule has 0 radical (unpaired) electrons. The van der Waals surface area contributed by atoms with Crippen LogP contribution in [0.4, 0.5) is 15.2 Å². The first-order valence-electron chi connectivity index (χ1n) is 8.46. The SMILES string of the molecule is O=C(Nc1nnc(S(=O)(=O)N2CCCc3ccccc32)s1)c1cccc(F)c1. The highest BCUT2D eigenvalue weighted by Gasteiger charge is 2.32. The topological polar surface area (TPSA) is 92.3 Å². The lowest BCUT2D eigenvalue weighted by atomic mass is 10.0. The number of aryl methyl sites for hydroxylation is 1. The molecule has 2 aromatic carbocycles. The van der Waals surface area contributed by atoms with Gasteiger partial charge in [-0.2, -0.15) is 8.42 Å². The number of nitrogens with zero attached hydrogens (tertiary/aromatic N) is 3. The average Bonchev–Trinajstić information content (AvgIpc) is 3.17. The van der Waals surface area contributed by atoms with Gasteiger partial charge in [0, 0.05) is 12.1 Å². The number of amides is 1. The molecule has 4 rings (SSSR count). The highest BCUT2D eigenvalue weighted by Crippen LogP contribution is 2.33. The predicted octanol–water partition coefficient (Wildman–Crippen LogP) is 3.07. The number of fused-ring (bicyclic) bond motifs is 1. The largest absolute Gasteiger partial charge is 0.296 e. The molecular weight excluding hydrogens is 403 g/mol. The molecule has 1 amide bonds. The summed E-state index contributed by atoms with van der Waals surface area (Å²) in [7, 11) is -3.89. The maximum Gasteiger partial charge on any atom is 0.293 e. The van der Waals surface area contributed by atoms with E-state index in [2.05, 4.69) is 15.5 Å². The quantitative estimate of drug-likeness (QED) is 0.658. The number of hydrogen-bond donors (Lipinski definition) is 1. The number of carbonyl (C=O) groups is 1. The van der Waals surface area contributed by atoms with Crippen LogP contribution in [0.5, 0.6) is 0 Å². The summed E-state index contributed by atoms with van der Waals surface area (Å²) < 4.78 is 40.4. The van der Waals surface area contributed by atoms with E-state index in [1.165, 1.54) is 22.5 Å². The highest BCUT2D eigenvalue weighted by molar-refractivity contribution is 7.94. The maximum absolute atomic E-state index is 13.3. The van der Waals surface area contributed by atoms with Gasteiger partial charge in [-0.25, -0.2) is 4.39 Å². The van der Waals surface area contributed by atoms with Gasteiger partial charge in [0.2, 0.25) is 5.13 Å². The van der Waals surface area contributed by atoms with Crippen molar-refractivity contribution in [2.45, 2.75) is 17.2 Å². The number of hydrogen-bond acceptors (Lipinski definition) is 6. The van der Waals surface area contributed by atoms with Crippen molar-refractivity contribution in [2.75, 3.05) is 16.2 Å². The summed E-state index contributed by atoms with van der Waals surface area (Å²) in [6.45, 7) is 0.351. The zero-order valence-corrected chi connectivity index (χ0v) is 16.1. The van der Waals surface area contributed by atoms with Gasteiger partial charge < -0.3 is 0 Å². The lowest BCUT2D eigenvalue weighted by Crippen LogP contribution is -2.35. The van der Waals surface area contributed by atoms with E-state index in [1.807, 2.05) is 12.1 Å². The summed E-state index contributed by atoms with van der Waals surface area (Å²) in [5.74, 6) is -1.14. The molecule has 1 aromatic heterocycles. The van der Waals surface area contributed by atoms with Crippen LogP contribution in [-0.2, 0) is 16.4 Å². The van der Waals surface area contributed by atoms with Crippen LogP contribution in [0, 0.1) is 5.82 Å². The third-order valence-electron chi connectivity index (χ3n) is 4.29. The summed E-state index contributed by atoms with van der Waals surface area (Å²) in [6.07, 6.45) is 1.52. The minimum atomic E-state index is -3.89. The van der Waals surface area contributed by atoms with Crippen molar-refractivity contribution >= 4 is 38.1 Å². The van der Waals surface area contributed by atoms with Crippen molar-refractivity contribution in [1.82, 2.24) is 10.2 Å². The Labute approximate surface area is 164 Å². The van der Waals surface area contributed by atoms with Crippen LogP contribution in [0.1, 0.15) is 22.3 Å². The third kappa shape index (κ3) is 3.48. The van der Waals surface area contributed by atoms with E-state index >= 15 is 0 Å². The van der Waals surface area contributed by atoms with Crippen molar-refractivity contribution in [3.05, 3.63) is 65.5 Å². The molecule has 10 heteroatoms. The fourth-order valence-corrected chi connectivity index (χ4v) is 5.55. The normalized spacial score (nSPS) is 13.8. The molecule has 1 N–H and O–H groups in total. The highest BCUT2D eigenvalue weighted by atomic mass is 32.2. The molecular formula is C18H15FN4O3S2. The van der Waals surface area contributed by atoms with Gasteiger partial charge in [0.15, 0.2) is 0 Å². The second-order valence-electron chi connectivity index (χ2n) is 6.15. The molecule has 0 bridgehead atoms. The molecule has 0 unspecified atom stereocenters. The smallest absolute Gasteiger partial charge is 0.293 e. The summed E-state index contributed by atoms with van der Waals surface area (Å²) in [4.78, 5) is 12.2. The Morgan fingerprint density at radius 3 is 2.79 bits per heavy atom. The number of nitrogens with one attached hydrogen (secondary N) is 1. The van der Waals surface area contributed by atoms with E-state index in [1.54, 1.807) is 12.1 Å². The third-order valence-corrected chi connectivity index (χ3v) is 7.29. The predicted molar refractivity (Wildman–Crippen MR) is 104 cm³/mol. The molecule has 2 heterocycles. The van der Waals surface area contributed by atoms with Crippen LogP contribution in [0.15, 0.2) is 52.9 Å². The summed E-state index contributed by atoms with van der Waals surface area (Å²) in [5, 5.41) is 9.99. The number of sulfonamides is 1. The molecule has 1 aliphatic rings. The molecule has 0 spiro atoms. The minimum Gasteiger partial charge on any atom is -0.296 e. The second-order valence-corrected chi connectivity index (χ2v) is 9.16. The van der Waals surface area contributed by atoms with Crippen molar-refractivity contribution < 1.29 is 17.6 Å². The molecule has 1 aliphatic heterocycles. The Balaban J connectivity index is 1.58. The van der Waals surface area contributed by atoms with Gasteiger partial charge in [-0.05, 0) is 42.7 Å². The zero-order valence-electron chi connectivity index (χ0n) is 14.5. The van der Waals surface area contributed by atoms with Crippen molar-refractivity contribution in [1.29, 1.82) is 0 Å². The zero-order chi connectivity index (χ0) is 19.7. The van der Waals surface area contributed by atoms with Crippen LogP contribution >= 0.6 is 11.3 Å². The number of para-hydroxylation sites is 1. The molecule has 0 saturated heterocycles. The van der Waals surface area contributed by atoms with E-state index in [4.69, 9.17) is 0 Å². The van der Waals surface area contributed by atoms with Gasteiger partial charge in [-0.15, -0.1) is 10.2 Å². The minimum absolute atomic E-state index is 0.0260. The van der Waals surface area contributed by atoms with E-state index < -0.39 is 21.7 Å². The van der Waals surface area contributed by atoms with Crippen LogP contribution in [0.25, 0.3) is 0 Å². The fraction of sp³-hybridized carbons (Fsp3) is 0.167. The number of benzene rings is 2. The van der Waals surface area contributed by atoms with Crippen LogP contribution in [0.3, 0.4) is 0 Å². The Morgan fingerprint density at radius 2 is 1.96 bits per heavy atom. The van der Waals surface area contributed by atoms with E-state index in [-0.39, 0.29) is 15.0 Å². The first kappa shape index (κ1) is 18.5. The Kier molecular flexibility index (Phi) is 4.82. The summed E-state index contributed by atoms with van der Waals surface area (Å²) >= 11 is 0.758. The molecule has 3 aromatic rings. The fourth-order valence-electron chi connectivity index (χ4n) is 3.01. The number of aromatic nitrogens is 2. The van der Waals surface area contributed by atoms with Gasteiger partial charge in [0.1, 0.15) is 5.82 Å². The standard InChI is InChI=1S/C18H15FN4O3S2/c19-14-8-3-6-13(11-14)16(24)20-17-21-22-18(27-17)28(25,26)23-10-4-7-12-5-1-2-9-15(12)23/h1-3,5-6,8-9,11H,4,7,10H2,(H,20,21,24). The van der Waals surface area contributed by atoms with Crippen molar-refractivity contribution in [2.24, 2.45) is 0 Å². The monoisotopic (exact) mass is 418 g/mol. The van der Waals surface area contributed by atoms with E-state index in [0.29, 0.717) is 18.7 Å². The average molecular weight is 418 g/mol. The first-order chi connectivity index (χ1) is 13.4. The first-order valence-corrected chi connectivity index (χ1v) is 10.7. The van der Waals surface area contributed by atoms with E-state index in [9.17, 15) is 17.6 Å². The van der Waals surface area contributed by atoms with Crippen LogP contribution < -0.4 is 9.62 Å². The molecule has 28 heavy (non-hydrogen) atoms. The van der Waals surface area contributed by atoms with Crippen molar-refractivity contribution in [3.8, 4) is 0 Å². The van der Waals surface area contributed by atoms with Gasteiger partial charge in [0.25, 0.3) is 20.3 Å². The number of rotatable bonds is 4. The van der Waals surface area contributed by atoms with E-state index in [0.717, 1.165) is 29.4 Å². The summed E-state index contributed by atoms with van der Waals surface area (Å²) in [6, 6.07) is 12.5. The molecule has 0 fully saturated rings. The molecule has 144 valence electrons. The van der Waals surface area contributed by atoms with Gasteiger partial charge in [0.05, 0.1) is 5.69 Å². The van der Waals surface area contributed by atoms with Crippen molar-refractivity contribution in [3.63, 3.8) is 0 Å². The number of halogens is 1. The number of anilines is 2. The van der Waals surface area contributed by atoms with Gasteiger partial charge in [-0.1, -0.05) is 35.6 Å².